The van der Waals surface area contributed by atoms with E-state index in [4.69, 9.17) is 9.47 Å². The van der Waals surface area contributed by atoms with Gasteiger partial charge in [0.25, 0.3) is 5.91 Å². The van der Waals surface area contributed by atoms with E-state index in [1.54, 1.807) is 55.6 Å². The Labute approximate surface area is 188 Å². The molecule has 0 fully saturated rings. The normalized spacial score (nSPS) is 17.6. The number of aromatic nitrogens is 2. The molecule has 10 heteroatoms. The number of ether oxygens (including phenoxy) is 2. The zero-order chi connectivity index (χ0) is 23.6. The van der Waals surface area contributed by atoms with Gasteiger partial charge in [0.15, 0.2) is 6.04 Å². The molecule has 2 heterocycles. The van der Waals surface area contributed by atoms with E-state index in [1.165, 1.54) is 13.3 Å². The van der Waals surface area contributed by atoms with Crippen LogP contribution in [0.1, 0.15) is 40.0 Å². The summed E-state index contributed by atoms with van der Waals surface area (Å²) in [6, 6.07) is 11.4. The Morgan fingerprint density at radius 3 is 2.27 bits per heavy atom. The number of nitrogens with zero attached hydrogens (tertiary/aromatic N) is 2. The molecule has 0 saturated heterocycles. The Bertz CT molecular complexity index is 1110. The maximum Gasteiger partial charge on any atom is 0.410 e. The summed E-state index contributed by atoms with van der Waals surface area (Å²) in [7, 11) is 3.07. The molecule has 1 aliphatic rings. The van der Waals surface area contributed by atoms with E-state index < -0.39 is 24.2 Å². The average molecular weight is 460 g/mol. The van der Waals surface area contributed by atoms with Crippen molar-refractivity contribution < 1.29 is 27.4 Å². The minimum atomic E-state index is -4.52. The van der Waals surface area contributed by atoms with Crippen molar-refractivity contribution in [3.63, 3.8) is 0 Å². The average Bonchev–Trinajstić information content (AvgIpc) is 3.25. The van der Waals surface area contributed by atoms with E-state index in [0.29, 0.717) is 17.1 Å². The highest BCUT2D eigenvalue weighted by Crippen LogP contribution is 2.44. The minimum absolute atomic E-state index is 0.0385. The molecule has 7 nitrogen and oxygen atoms in total. The topological polar surface area (TPSA) is 77.4 Å². The van der Waals surface area contributed by atoms with Crippen LogP contribution in [0.3, 0.4) is 0 Å². The van der Waals surface area contributed by atoms with Gasteiger partial charge in [0.05, 0.1) is 26.5 Å². The number of anilines is 1. The zero-order valence-electron chi connectivity index (χ0n) is 18.0. The standard InChI is InChI=1S/C23H23F3N4O3/c1-32-16-7-3-14(4-8-16)12-27-22(31)18-13-28-30-20(23(24,25)26)11-19(29-21(18)30)15-5-9-17(33-2)10-6-15/h3-10,13,19-20,29H,11-12H2,1-2H3,(H,27,31)/t19-,20+/m0/s1. The van der Waals surface area contributed by atoms with Gasteiger partial charge in [0.2, 0.25) is 0 Å². The fourth-order valence-corrected chi connectivity index (χ4v) is 3.80. The molecule has 1 aliphatic heterocycles. The maximum atomic E-state index is 13.8. The van der Waals surface area contributed by atoms with Crippen molar-refractivity contribution in [1.82, 2.24) is 15.1 Å². The number of benzene rings is 2. The number of hydrogen-bond acceptors (Lipinski definition) is 5. The molecule has 1 amide bonds. The highest BCUT2D eigenvalue weighted by Gasteiger charge is 2.47. The van der Waals surface area contributed by atoms with Crippen LogP contribution in [0.2, 0.25) is 0 Å². The van der Waals surface area contributed by atoms with E-state index in [-0.39, 0.29) is 24.3 Å². The molecule has 0 spiro atoms. The Kier molecular flexibility index (Phi) is 6.17. The first-order chi connectivity index (χ1) is 15.8. The van der Waals surface area contributed by atoms with Crippen molar-refractivity contribution in [3.8, 4) is 11.5 Å². The molecule has 3 aromatic rings. The van der Waals surface area contributed by atoms with Crippen LogP contribution in [0.25, 0.3) is 0 Å². The molecule has 0 radical (unpaired) electrons. The summed E-state index contributed by atoms with van der Waals surface area (Å²) in [6.45, 7) is 0.206. The van der Waals surface area contributed by atoms with Gasteiger partial charge in [-0.3, -0.25) is 4.79 Å². The molecule has 174 valence electrons. The molecule has 1 aromatic heterocycles. The van der Waals surface area contributed by atoms with Crippen molar-refractivity contribution in [3.05, 3.63) is 71.4 Å². The first kappa shape index (κ1) is 22.5. The highest BCUT2D eigenvalue weighted by atomic mass is 19.4. The molecule has 0 bridgehead atoms. The van der Waals surface area contributed by atoms with Crippen LogP contribution in [0.4, 0.5) is 19.0 Å². The van der Waals surface area contributed by atoms with Crippen molar-refractivity contribution in [2.75, 3.05) is 19.5 Å². The van der Waals surface area contributed by atoms with Crippen LogP contribution in [0.5, 0.6) is 11.5 Å². The third-order valence-electron chi connectivity index (χ3n) is 5.61. The second-order valence-electron chi connectivity index (χ2n) is 7.65. The van der Waals surface area contributed by atoms with E-state index in [1.807, 2.05) is 0 Å². The smallest absolute Gasteiger partial charge is 0.410 e. The lowest BCUT2D eigenvalue weighted by Gasteiger charge is -2.34. The van der Waals surface area contributed by atoms with E-state index >= 15 is 0 Å². The largest absolute Gasteiger partial charge is 0.497 e. The summed E-state index contributed by atoms with van der Waals surface area (Å²) in [5.74, 6) is 0.806. The maximum absolute atomic E-state index is 13.8. The second-order valence-corrected chi connectivity index (χ2v) is 7.65. The molecule has 0 aliphatic carbocycles. The fraction of sp³-hybridized carbons (Fsp3) is 0.304. The molecule has 2 aromatic carbocycles. The number of hydrogen-bond donors (Lipinski definition) is 2. The van der Waals surface area contributed by atoms with Crippen LogP contribution in [-0.4, -0.2) is 36.1 Å². The van der Waals surface area contributed by atoms with Gasteiger partial charge in [-0.15, -0.1) is 0 Å². The fourth-order valence-electron chi connectivity index (χ4n) is 3.80. The zero-order valence-corrected chi connectivity index (χ0v) is 18.0. The molecular formula is C23H23F3N4O3. The van der Waals surface area contributed by atoms with Gasteiger partial charge >= 0.3 is 6.18 Å². The molecule has 4 rings (SSSR count). The minimum Gasteiger partial charge on any atom is -0.497 e. The van der Waals surface area contributed by atoms with Gasteiger partial charge in [-0.2, -0.15) is 18.3 Å². The summed E-state index contributed by atoms with van der Waals surface area (Å²) in [5.41, 5.74) is 1.53. The van der Waals surface area contributed by atoms with Crippen LogP contribution < -0.4 is 20.1 Å². The monoisotopic (exact) mass is 460 g/mol. The van der Waals surface area contributed by atoms with E-state index in [0.717, 1.165) is 10.2 Å². The third-order valence-corrected chi connectivity index (χ3v) is 5.61. The number of alkyl halides is 3. The number of fused-ring (bicyclic) bond motifs is 1. The number of rotatable bonds is 6. The Morgan fingerprint density at radius 1 is 1.09 bits per heavy atom. The first-order valence-corrected chi connectivity index (χ1v) is 10.3. The van der Waals surface area contributed by atoms with Crippen LogP contribution in [0, 0.1) is 0 Å². The molecule has 2 N–H and O–H groups in total. The quantitative estimate of drug-likeness (QED) is 0.567. The van der Waals surface area contributed by atoms with Gasteiger partial charge in [-0.05, 0) is 35.4 Å². The third kappa shape index (κ3) is 4.74. The summed E-state index contributed by atoms with van der Waals surface area (Å²) in [5, 5.41) is 9.71. The first-order valence-electron chi connectivity index (χ1n) is 10.3. The Hall–Kier alpha value is -3.69. The number of methoxy groups -OCH3 is 2. The molecule has 33 heavy (non-hydrogen) atoms. The second kappa shape index (κ2) is 9.05. The number of carbonyl (C=O) groups is 1. The van der Waals surface area contributed by atoms with Gasteiger partial charge in [0.1, 0.15) is 22.9 Å². The van der Waals surface area contributed by atoms with Crippen molar-refractivity contribution in [2.24, 2.45) is 0 Å². The van der Waals surface area contributed by atoms with Crippen molar-refractivity contribution in [2.45, 2.75) is 31.2 Å². The van der Waals surface area contributed by atoms with Crippen molar-refractivity contribution >= 4 is 11.7 Å². The summed E-state index contributed by atoms with van der Waals surface area (Å²) < 4.78 is 52.6. The van der Waals surface area contributed by atoms with Gasteiger partial charge in [0, 0.05) is 13.0 Å². The molecule has 0 unspecified atom stereocenters. The lowest BCUT2D eigenvalue weighted by molar-refractivity contribution is -0.173. The van der Waals surface area contributed by atoms with Crippen LogP contribution >= 0.6 is 0 Å². The lowest BCUT2D eigenvalue weighted by atomic mass is 9.96. The summed E-state index contributed by atoms with van der Waals surface area (Å²) in [4.78, 5) is 12.8. The number of halogens is 3. The predicted molar refractivity (Wildman–Crippen MR) is 115 cm³/mol. The number of carbonyl (C=O) groups excluding carboxylic acids is 1. The van der Waals surface area contributed by atoms with Gasteiger partial charge in [-0.25, -0.2) is 4.68 Å². The number of amides is 1. The van der Waals surface area contributed by atoms with E-state index in [9.17, 15) is 18.0 Å². The molecule has 2 atom stereocenters. The molecular weight excluding hydrogens is 437 g/mol. The molecule has 0 saturated carbocycles. The Morgan fingerprint density at radius 2 is 1.70 bits per heavy atom. The summed E-state index contributed by atoms with van der Waals surface area (Å²) >= 11 is 0. The summed E-state index contributed by atoms with van der Waals surface area (Å²) in [6.07, 6.45) is -3.61. The van der Waals surface area contributed by atoms with Crippen LogP contribution in [-0.2, 0) is 6.54 Å². The lowest BCUT2D eigenvalue weighted by Crippen LogP contribution is -2.36. The highest BCUT2D eigenvalue weighted by molar-refractivity contribution is 5.98. The van der Waals surface area contributed by atoms with Gasteiger partial charge in [-0.1, -0.05) is 24.3 Å². The Balaban J connectivity index is 1.57. The van der Waals surface area contributed by atoms with Crippen LogP contribution in [0.15, 0.2) is 54.7 Å². The van der Waals surface area contributed by atoms with Crippen molar-refractivity contribution in [1.29, 1.82) is 0 Å². The SMILES string of the molecule is COc1ccc(CNC(=O)c2cnn3c2N[C@H](c2ccc(OC)cc2)C[C@@H]3C(F)(F)F)cc1. The van der Waals surface area contributed by atoms with E-state index in [2.05, 4.69) is 15.7 Å². The predicted octanol–water partition coefficient (Wildman–Crippen LogP) is 4.49. The van der Waals surface area contributed by atoms with Gasteiger partial charge < -0.3 is 20.1 Å². The number of nitrogens with one attached hydrogen (secondary N) is 2.